The molecular formula is C14H17FN2O3. The number of piperazine rings is 1. The number of amides is 1. The van der Waals surface area contributed by atoms with E-state index < -0.39 is 5.82 Å². The first kappa shape index (κ1) is 14.5. The van der Waals surface area contributed by atoms with Crippen molar-refractivity contribution >= 4 is 12.2 Å². The van der Waals surface area contributed by atoms with Crippen molar-refractivity contribution in [2.45, 2.75) is 0 Å². The number of aldehydes is 1. The highest BCUT2D eigenvalue weighted by atomic mass is 19.1. The predicted octanol–water partition coefficient (Wildman–Crippen LogP) is 0.791. The quantitative estimate of drug-likeness (QED) is 0.765. The van der Waals surface area contributed by atoms with Crippen LogP contribution in [0.3, 0.4) is 0 Å². The van der Waals surface area contributed by atoms with Crippen molar-refractivity contribution in [2.24, 2.45) is 0 Å². The second-order valence-electron chi connectivity index (χ2n) is 4.77. The van der Waals surface area contributed by atoms with E-state index in [0.717, 1.165) is 19.2 Å². The highest BCUT2D eigenvalue weighted by molar-refractivity contribution is 5.81. The molecule has 1 fully saturated rings. The molecule has 1 heterocycles. The van der Waals surface area contributed by atoms with Gasteiger partial charge in [-0.2, -0.15) is 0 Å². The molecule has 1 aromatic carbocycles. The minimum Gasteiger partial charge on any atom is -0.483 e. The molecular weight excluding hydrogens is 263 g/mol. The number of hydrogen-bond acceptors (Lipinski definition) is 4. The molecule has 0 atom stereocenters. The van der Waals surface area contributed by atoms with Crippen LogP contribution >= 0.6 is 0 Å². The van der Waals surface area contributed by atoms with Crippen molar-refractivity contribution in [3.8, 4) is 5.75 Å². The van der Waals surface area contributed by atoms with Crippen molar-refractivity contribution in [3.05, 3.63) is 29.6 Å². The number of likely N-dealkylation sites (N-methyl/N-ethyl adjacent to an activating group) is 1. The van der Waals surface area contributed by atoms with Crippen LogP contribution in [0.2, 0.25) is 0 Å². The highest BCUT2D eigenvalue weighted by Crippen LogP contribution is 2.17. The average Bonchev–Trinajstić information content (AvgIpc) is 2.46. The number of carbonyl (C=O) groups is 2. The molecule has 0 bridgehead atoms. The summed E-state index contributed by atoms with van der Waals surface area (Å²) in [5.74, 6) is -0.409. The van der Waals surface area contributed by atoms with Gasteiger partial charge < -0.3 is 14.5 Å². The Hall–Kier alpha value is -1.95. The van der Waals surface area contributed by atoms with Crippen LogP contribution in [0.25, 0.3) is 0 Å². The molecule has 1 aliphatic rings. The monoisotopic (exact) mass is 280 g/mol. The van der Waals surface area contributed by atoms with Crippen LogP contribution in [0.4, 0.5) is 4.39 Å². The van der Waals surface area contributed by atoms with E-state index in [1.807, 2.05) is 7.05 Å². The van der Waals surface area contributed by atoms with Crippen LogP contribution in [0.1, 0.15) is 10.4 Å². The summed E-state index contributed by atoms with van der Waals surface area (Å²) in [5, 5.41) is 0. The first-order chi connectivity index (χ1) is 9.60. The van der Waals surface area contributed by atoms with Gasteiger partial charge in [0.05, 0.1) is 5.56 Å². The molecule has 1 amide bonds. The number of benzene rings is 1. The summed E-state index contributed by atoms with van der Waals surface area (Å²) >= 11 is 0. The number of ether oxygens (including phenoxy) is 1. The summed E-state index contributed by atoms with van der Waals surface area (Å²) in [6, 6.07) is 3.64. The maximum absolute atomic E-state index is 13.0. The molecule has 0 radical (unpaired) electrons. The zero-order valence-electron chi connectivity index (χ0n) is 11.3. The van der Waals surface area contributed by atoms with Crippen molar-refractivity contribution in [3.63, 3.8) is 0 Å². The van der Waals surface area contributed by atoms with Gasteiger partial charge in [0.1, 0.15) is 11.6 Å². The lowest BCUT2D eigenvalue weighted by atomic mass is 10.2. The Balaban J connectivity index is 1.92. The van der Waals surface area contributed by atoms with E-state index in [0.29, 0.717) is 19.4 Å². The van der Waals surface area contributed by atoms with Crippen LogP contribution in [-0.4, -0.2) is 61.8 Å². The predicted molar refractivity (Wildman–Crippen MR) is 71.4 cm³/mol. The summed E-state index contributed by atoms with van der Waals surface area (Å²) in [7, 11) is 2.01. The zero-order valence-corrected chi connectivity index (χ0v) is 11.3. The van der Waals surface area contributed by atoms with E-state index in [2.05, 4.69) is 4.90 Å². The molecule has 20 heavy (non-hydrogen) atoms. The average molecular weight is 280 g/mol. The van der Waals surface area contributed by atoms with Crippen LogP contribution in [0, 0.1) is 5.82 Å². The standard InChI is InChI=1S/C14H17FN2O3/c1-16-4-6-17(7-5-16)14(19)10-20-13-3-2-12(15)8-11(13)9-18/h2-3,8-9H,4-7,10H2,1H3. The third-order valence-electron chi connectivity index (χ3n) is 3.31. The van der Waals surface area contributed by atoms with Crippen LogP contribution in [-0.2, 0) is 4.79 Å². The number of hydrogen-bond donors (Lipinski definition) is 0. The Morgan fingerprint density at radius 2 is 2.05 bits per heavy atom. The number of carbonyl (C=O) groups excluding carboxylic acids is 2. The third kappa shape index (κ3) is 3.54. The van der Waals surface area contributed by atoms with E-state index in [1.165, 1.54) is 12.1 Å². The fraction of sp³-hybridized carbons (Fsp3) is 0.429. The van der Waals surface area contributed by atoms with Crippen LogP contribution in [0.15, 0.2) is 18.2 Å². The van der Waals surface area contributed by atoms with Gasteiger partial charge in [0, 0.05) is 26.2 Å². The SMILES string of the molecule is CN1CCN(C(=O)COc2ccc(F)cc2C=O)CC1. The molecule has 1 aliphatic heterocycles. The largest absolute Gasteiger partial charge is 0.483 e. The van der Waals surface area contributed by atoms with Crippen molar-refractivity contribution in [2.75, 3.05) is 39.8 Å². The van der Waals surface area contributed by atoms with E-state index in [-0.39, 0.29) is 23.8 Å². The maximum Gasteiger partial charge on any atom is 0.260 e. The third-order valence-corrected chi connectivity index (χ3v) is 3.31. The molecule has 0 aliphatic carbocycles. The number of halogens is 1. The summed E-state index contributed by atoms with van der Waals surface area (Å²) in [5.41, 5.74) is 0.108. The lowest BCUT2D eigenvalue weighted by molar-refractivity contribution is -0.134. The van der Waals surface area contributed by atoms with Gasteiger partial charge in [-0.25, -0.2) is 4.39 Å². The van der Waals surface area contributed by atoms with Gasteiger partial charge in [-0.1, -0.05) is 0 Å². The van der Waals surface area contributed by atoms with E-state index in [4.69, 9.17) is 4.74 Å². The molecule has 108 valence electrons. The fourth-order valence-corrected chi connectivity index (χ4v) is 2.03. The Labute approximate surface area is 116 Å². The zero-order chi connectivity index (χ0) is 14.5. The van der Waals surface area contributed by atoms with E-state index >= 15 is 0 Å². The summed E-state index contributed by atoms with van der Waals surface area (Å²) in [4.78, 5) is 26.7. The van der Waals surface area contributed by atoms with Gasteiger partial charge in [0.25, 0.3) is 5.91 Å². The lowest BCUT2D eigenvalue weighted by Crippen LogP contribution is -2.48. The topological polar surface area (TPSA) is 49.9 Å². The Morgan fingerprint density at radius 1 is 1.35 bits per heavy atom. The van der Waals surface area contributed by atoms with Gasteiger partial charge in [-0.15, -0.1) is 0 Å². The number of nitrogens with zero attached hydrogens (tertiary/aromatic N) is 2. The van der Waals surface area contributed by atoms with Crippen molar-refractivity contribution in [1.29, 1.82) is 0 Å². The van der Waals surface area contributed by atoms with Crippen molar-refractivity contribution < 1.29 is 18.7 Å². The molecule has 1 aromatic rings. The molecule has 0 unspecified atom stereocenters. The van der Waals surface area contributed by atoms with Gasteiger partial charge in [0.15, 0.2) is 12.9 Å². The second-order valence-corrected chi connectivity index (χ2v) is 4.77. The lowest BCUT2D eigenvalue weighted by Gasteiger charge is -2.32. The highest BCUT2D eigenvalue weighted by Gasteiger charge is 2.19. The minimum absolute atomic E-state index is 0.108. The fourth-order valence-electron chi connectivity index (χ4n) is 2.03. The van der Waals surface area contributed by atoms with E-state index in [1.54, 1.807) is 4.90 Å². The van der Waals surface area contributed by atoms with E-state index in [9.17, 15) is 14.0 Å². The molecule has 0 saturated carbocycles. The normalized spacial score (nSPS) is 16.0. The second kappa shape index (κ2) is 6.47. The number of rotatable bonds is 4. The van der Waals surface area contributed by atoms with Gasteiger partial charge in [0.2, 0.25) is 0 Å². The smallest absolute Gasteiger partial charge is 0.260 e. The minimum atomic E-state index is -0.509. The molecule has 1 saturated heterocycles. The first-order valence-corrected chi connectivity index (χ1v) is 6.44. The van der Waals surface area contributed by atoms with Gasteiger partial charge >= 0.3 is 0 Å². The Kier molecular flexibility index (Phi) is 4.68. The molecule has 6 heteroatoms. The Bertz CT molecular complexity index is 499. The van der Waals surface area contributed by atoms with Gasteiger partial charge in [-0.05, 0) is 25.2 Å². The first-order valence-electron chi connectivity index (χ1n) is 6.44. The Morgan fingerprint density at radius 3 is 2.70 bits per heavy atom. The summed E-state index contributed by atoms with van der Waals surface area (Å²) in [6.07, 6.45) is 0.513. The van der Waals surface area contributed by atoms with Crippen LogP contribution in [0.5, 0.6) is 5.75 Å². The maximum atomic E-state index is 13.0. The van der Waals surface area contributed by atoms with Crippen LogP contribution < -0.4 is 4.74 Å². The van der Waals surface area contributed by atoms with Crippen molar-refractivity contribution in [1.82, 2.24) is 9.80 Å². The molecule has 0 N–H and O–H groups in total. The molecule has 0 aromatic heterocycles. The molecule has 5 nitrogen and oxygen atoms in total. The molecule has 2 rings (SSSR count). The summed E-state index contributed by atoms with van der Waals surface area (Å²) < 4.78 is 18.3. The summed E-state index contributed by atoms with van der Waals surface area (Å²) in [6.45, 7) is 2.87. The molecule has 0 spiro atoms. The van der Waals surface area contributed by atoms with Gasteiger partial charge in [-0.3, -0.25) is 9.59 Å².